The number of anilines is 1. The third-order valence-electron chi connectivity index (χ3n) is 2.77. The van der Waals surface area contributed by atoms with E-state index >= 15 is 0 Å². The van der Waals surface area contributed by atoms with Gasteiger partial charge in [0.2, 0.25) is 0 Å². The van der Waals surface area contributed by atoms with Crippen LogP contribution in [-0.2, 0) is 6.42 Å². The van der Waals surface area contributed by atoms with Gasteiger partial charge in [-0.3, -0.25) is 15.2 Å². The van der Waals surface area contributed by atoms with Crippen molar-refractivity contribution in [2.75, 3.05) is 11.9 Å². The smallest absolute Gasteiger partial charge is 0.290 e. The molecule has 0 amide bonds. The predicted octanol–water partition coefficient (Wildman–Crippen LogP) is 2.07. The highest BCUT2D eigenvalue weighted by atomic mass is 16.6. The van der Waals surface area contributed by atoms with E-state index in [0.717, 1.165) is 25.1 Å². The van der Waals surface area contributed by atoms with Gasteiger partial charge in [-0.05, 0) is 31.9 Å². The van der Waals surface area contributed by atoms with Crippen molar-refractivity contribution in [3.05, 3.63) is 45.9 Å². The molecule has 0 aliphatic rings. The zero-order chi connectivity index (χ0) is 13.7. The average Bonchev–Trinajstić information content (AvgIpc) is 2.87. The maximum absolute atomic E-state index is 10.7. The van der Waals surface area contributed by atoms with Crippen LogP contribution in [0.5, 0.6) is 0 Å². The Kier molecular flexibility index (Phi) is 4.07. The van der Waals surface area contributed by atoms with E-state index in [0.29, 0.717) is 11.4 Å². The summed E-state index contributed by atoms with van der Waals surface area (Å²) in [4.78, 5) is 14.3. The number of pyridine rings is 1. The number of aromatic nitrogens is 3. The van der Waals surface area contributed by atoms with Crippen molar-refractivity contribution in [3.8, 4) is 0 Å². The van der Waals surface area contributed by atoms with E-state index in [9.17, 15) is 10.1 Å². The molecule has 2 N–H and O–H groups in total. The van der Waals surface area contributed by atoms with Crippen molar-refractivity contribution in [1.29, 1.82) is 0 Å². The molecule has 0 aliphatic heterocycles. The second-order valence-corrected chi connectivity index (χ2v) is 4.23. The summed E-state index contributed by atoms with van der Waals surface area (Å²) in [5.74, 6) is 0.660. The van der Waals surface area contributed by atoms with Crippen LogP contribution in [-0.4, -0.2) is 26.6 Å². The quantitative estimate of drug-likeness (QED) is 0.471. The molecular formula is C12H15N5O2. The van der Waals surface area contributed by atoms with Crippen molar-refractivity contribution in [3.63, 3.8) is 0 Å². The Hall–Kier alpha value is -2.44. The van der Waals surface area contributed by atoms with Gasteiger partial charge in [0, 0.05) is 24.0 Å². The van der Waals surface area contributed by atoms with E-state index in [1.165, 1.54) is 6.20 Å². The molecule has 0 aromatic carbocycles. The fourth-order valence-corrected chi connectivity index (χ4v) is 1.76. The number of aryl methyl sites for hydroxylation is 2. The Morgan fingerprint density at radius 3 is 3.00 bits per heavy atom. The Bertz CT molecular complexity index is 553. The molecule has 7 nitrogen and oxygen atoms in total. The standard InChI is InChI=1S/C12H15N5O2/c1-9-7-12(14-8-11(9)17(18)19)13-5-2-3-10-4-6-15-16-10/h4,6-8H,2-3,5H2,1H3,(H,13,14)(H,15,16). The van der Waals surface area contributed by atoms with E-state index in [1.54, 1.807) is 19.2 Å². The third-order valence-corrected chi connectivity index (χ3v) is 2.77. The van der Waals surface area contributed by atoms with Crippen LogP contribution in [0.15, 0.2) is 24.5 Å². The van der Waals surface area contributed by atoms with Crippen LogP contribution in [0.3, 0.4) is 0 Å². The van der Waals surface area contributed by atoms with Crippen molar-refractivity contribution < 1.29 is 4.92 Å². The van der Waals surface area contributed by atoms with E-state index < -0.39 is 4.92 Å². The van der Waals surface area contributed by atoms with Crippen LogP contribution >= 0.6 is 0 Å². The summed E-state index contributed by atoms with van der Waals surface area (Å²) in [7, 11) is 0. The molecule has 19 heavy (non-hydrogen) atoms. The van der Waals surface area contributed by atoms with E-state index in [-0.39, 0.29) is 5.69 Å². The van der Waals surface area contributed by atoms with E-state index in [2.05, 4.69) is 20.5 Å². The highest BCUT2D eigenvalue weighted by molar-refractivity contribution is 5.46. The molecular weight excluding hydrogens is 246 g/mol. The maximum atomic E-state index is 10.7. The normalized spacial score (nSPS) is 10.4. The summed E-state index contributed by atoms with van der Waals surface area (Å²) < 4.78 is 0. The fraction of sp³-hybridized carbons (Fsp3) is 0.333. The van der Waals surface area contributed by atoms with Gasteiger partial charge in [-0.1, -0.05) is 0 Å². The topological polar surface area (TPSA) is 96.7 Å². The molecule has 7 heteroatoms. The van der Waals surface area contributed by atoms with Crippen molar-refractivity contribution in [2.24, 2.45) is 0 Å². The summed E-state index contributed by atoms with van der Waals surface area (Å²) in [6, 6.07) is 3.63. The van der Waals surface area contributed by atoms with Crippen molar-refractivity contribution >= 4 is 11.5 Å². The third kappa shape index (κ3) is 3.51. The maximum Gasteiger partial charge on any atom is 0.290 e. The Balaban J connectivity index is 1.83. The first-order valence-electron chi connectivity index (χ1n) is 6.00. The van der Waals surface area contributed by atoms with Gasteiger partial charge < -0.3 is 5.32 Å². The van der Waals surface area contributed by atoms with E-state index in [4.69, 9.17) is 0 Å². The predicted molar refractivity (Wildman–Crippen MR) is 71.0 cm³/mol. The first-order valence-corrected chi connectivity index (χ1v) is 6.00. The molecule has 0 bridgehead atoms. The molecule has 2 aromatic rings. The Morgan fingerprint density at radius 1 is 1.53 bits per heavy atom. The van der Waals surface area contributed by atoms with Gasteiger partial charge >= 0.3 is 0 Å². The van der Waals surface area contributed by atoms with Crippen molar-refractivity contribution in [2.45, 2.75) is 19.8 Å². The SMILES string of the molecule is Cc1cc(NCCCc2ccn[nH]2)ncc1[N+](=O)[O-]. The summed E-state index contributed by atoms with van der Waals surface area (Å²) in [5, 5.41) is 20.6. The lowest BCUT2D eigenvalue weighted by Gasteiger charge is -2.05. The second kappa shape index (κ2) is 5.94. The molecule has 0 saturated carbocycles. The number of nitrogens with zero attached hydrogens (tertiary/aromatic N) is 3. The molecule has 0 radical (unpaired) electrons. The number of nitrogens with one attached hydrogen (secondary N) is 2. The number of rotatable bonds is 6. The monoisotopic (exact) mass is 261 g/mol. The highest BCUT2D eigenvalue weighted by Crippen LogP contribution is 2.18. The molecule has 0 fully saturated rings. The molecule has 0 saturated heterocycles. The van der Waals surface area contributed by atoms with Gasteiger partial charge in [-0.2, -0.15) is 5.10 Å². The van der Waals surface area contributed by atoms with Crippen LogP contribution in [0.4, 0.5) is 11.5 Å². The number of hydrogen-bond donors (Lipinski definition) is 2. The van der Waals surface area contributed by atoms with Gasteiger partial charge in [0.15, 0.2) is 0 Å². The molecule has 0 atom stereocenters. The number of H-pyrrole nitrogens is 1. The summed E-state index contributed by atoms with van der Waals surface area (Å²) in [6.07, 6.45) is 4.84. The lowest BCUT2D eigenvalue weighted by atomic mass is 10.2. The number of hydrogen-bond acceptors (Lipinski definition) is 5. The molecule has 0 aliphatic carbocycles. The van der Waals surface area contributed by atoms with Crippen molar-refractivity contribution in [1.82, 2.24) is 15.2 Å². The second-order valence-electron chi connectivity index (χ2n) is 4.23. The molecule has 2 rings (SSSR count). The van der Waals surface area contributed by atoms with E-state index in [1.807, 2.05) is 6.07 Å². The first-order chi connectivity index (χ1) is 9.16. The van der Waals surface area contributed by atoms with Crippen LogP contribution in [0.2, 0.25) is 0 Å². The molecule has 0 spiro atoms. The minimum atomic E-state index is -0.426. The minimum absolute atomic E-state index is 0.0445. The zero-order valence-corrected chi connectivity index (χ0v) is 10.6. The van der Waals surface area contributed by atoms with Crippen LogP contribution < -0.4 is 5.32 Å². The highest BCUT2D eigenvalue weighted by Gasteiger charge is 2.10. The lowest BCUT2D eigenvalue weighted by Crippen LogP contribution is -2.05. The average molecular weight is 261 g/mol. The largest absolute Gasteiger partial charge is 0.370 e. The molecule has 2 heterocycles. The molecule has 0 unspecified atom stereocenters. The van der Waals surface area contributed by atoms with Gasteiger partial charge in [-0.15, -0.1) is 0 Å². The minimum Gasteiger partial charge on any atom is -0.370 e. The van der Waals surface area contributed by atoms with Crippen LogP contribution in [0.1, 0.15) is 17.7 Å². The Morgan fingerprint density at radius 2 is 2.37 bits per heavy atom. The van der Waals surface area contributed by atoms with Crippen LogP contribution in [0, 0.1) is 17.0 Å². The fourth-order valence-electron chi connectivity index (χ4n) is 1.76. The first kappa shape index (κ1) is 13.0. The zero-order valence-electron chi connectivity index (χ0n) is 10.6. The Labute approximate surface area is 110 Å². The van der Waals surface area contributed by atoms with Gasteiger partial charge in [0.25, 0.3) is 5.69 Å². The van der Waals surface area contributed by atoms with Crippen LogP contribution in [0.25, 0.3) is 0 Å². The van der Waals surface area contributed by atoms with Gasteiger partial charge in [-0.25, -0.2) is 4.98 Å². The number of aromatic amines is 1. The lowest BCUT2D eigenvalue weighted by molar-refractivity contribution is -0.385. The summed E-state index contributed by atoms with van der Waals surface area (Å²) in [6.45, 7) is 2.46. The van der Waals surface area contributed by atoms with Gasteiger partial charge in [0.1, 0.15) is 12.0 Å². The number of nitro groups is 1. The molecule has 100 valence electrons. The molecule has 2 aromatic heterocycles. The summed E-state index contributed by atoms with van der Waals surface area (Å²) >= 11 is 0. The van der Waals surface area contributed by atoms with Gasteiger partial charge in [0.05, 0.1) is 4.92 Å². The summed E-state index contributed by atoms with van der Waals surface area (Å²) in [5.41, 5.74) is 1.74.